The number of carbonyl (C=O) groups is 2. The molecule has 0 aliphatic rings. The molecule has 2 N–H and O–H groups in total. The number of nitro groups is 1. The highest BCUT2D eigenvalue weighted by Gasteiger charge is 2.19. The Morgan fingerprint density at radius 2 is 1.86 bits per heavy atom. The van der Waals surface area contributed by atoms with E-state index in [0.717, 1.165) is 18.1 Å². The first kappa shape index (κ1) is 21.8. The molecule has 2 aromatic carbocycles. The highest BCUT2D eigenvalue weighted by atomic mass is 16.6. The van der Waals surface area contributed by atoms with Crippen LogP contribution in [0.2, 0.25) is 0 Å². The molecule has 0 saturated carbocycles. The van der Waals surface area contributed by atoms with Crippen LogP contribution in [0, 0.1) is 10.1 Å². The van der Waals surface area contributed by atoms with E-state index in [2.05, 4.69) is 10.6 Å². The Balaban J connectivity index is 2.02. The van der Waals surface area contributed by atoms with Crippen molar-refractivity contribution < 1.29 is 24.0 Å². The van der Waals surface area contributed by atoms with Gasteiger partial charge in [0.05, 0.1) is 17.1 Å². The van der Waals surface area contributed by atoms with Crippen molar-refractivity contribution in [2.75, 3.05) is 37.5 Å². The fourth-order valence-corrected chi connectivity index (χ4v) is 2.49. The van der Waals surface area contributed by atoms with E-state index in [-0.39, 0.29) is 11.3 Å². The maximum Gasteiger partial charge on any atom is 0.341 e. The van der Waals surface area contributed by atoms with Crippen molar-refractivity contribution in [1.82, 2.24) is 0 Å². The molecule has 2 aromatic rings. The standard InChI is InChI=1S/C20H23N3O6/c1-3-14-4-6-15(7-5-14)22-19(24)13-29-20(25)17-12-16(23(26)27)8-9-18(17)21-10-11-28-2/h4-9,12,21H,3,10-11,13H2,1-2H3,(H,22,24). The molecule has 0 atom stereocenters. The molecule has 0 aliphatic carbocycles. The molecule has 0 unspecified atom stereocenters. The lowest BCUT2D eigenvalue weighted by Gasteiger charge is -2.12. The number of nitrogens with zero attached hydrogens (tertiary/aromatic N) is 1. The van der Waals surface area contributed by atoms with Crippen molar-refractivity contribution in [1.29, 1.82) is 0 Å². The third-order valence-electron chi connectivity index (χ3n) is 4.04. The monoisotopic (exact) mass is 401 g/mol. The summed E-state index contributed by atoms with van der Waals surface area (Å²) in [5, 5.41) is 16.6. The van der Waals surface area contributed by atoms with Gasteiger partial charge >= 0.3 is 5.97 Å². The molecule has 0 radical (unpaired) electrons. The summed E-state index contributed by atoms with van der Waals surface area (Å²) in [7, 11) is 1.53. The molecule has 154 valence electrons. The zero-order chi connectivity index (χ0) is 21.2. The quantitative estimate of drug-likeness (QED) is 0.272. The van der Waals surface area contributed by atoms with Gasteiger partial charge in [0.15, 0.2) is 6.61 Å². The van der Waals surface area contributed by atoms with E-state index >= 15 is 0 Å². The summed E-state index contributed by atoms with van der Waals surface area (Å²) in [4.78, 5) is 34.9. The number of anilines is 2. The van der Waals surface area contributed by atoms with E-state index < -0.39 is 23.4 Å². The number of carbonyl (C=O) groups excluding carboxylic acids is 2. The maximum atomic E-state index is 12.4. The van der Waals surface area contributed by atoms with Crippen LogP contribution in [0.4, 0.5) is 17.1 Å². The second-order valence-electron chi connectivity index (χ2n) is 6.08. The number of hydrogen-bond acceptors (Lipinski definition) is 7. The predicted octanol–water partition coefficient (Wildman–Crippen LogP) is 3.01. The Hall–Kier alpha value is -3.46. The zero-order valence-electron chi connectivity index (χ0n) is 16.3. The van der Waals surface area contributed by atoms with Gasteiger partial charge in [0.25, 0.3) is 11.6 Å². The molecule has 9 nitrogen and oxygen atoms in total. The maximum absolute atomic E-state index is 12.4. The lowest BCUT2D eigenvalue weighted by atomic mass is 10.1. The van der Waals surface area contributed by atoms with E-state index in [1.54, 1.807) is 12.1 Å². The molecule has 0 fully saturated rings. The minimum absolute atomic E-state index is 0.0320. The second kappa shape index (κ2) is 10.8. The van der Waals surface area contributed by atoms with Crippen molar-refractivity contribution in [2.24, 2.45) is 0 Å². The number of rotatable bonds is 10. The number of esters is 1. The molecule has 0 aromatic heterocycles. The Kier molecular flexibility index (Phi) is 8.11. The minimum Gasteiger partial charge on any atom is -0.452 e. The second-order valence-corrected chi connectivity index (χ2v) is 6.08. The average molecular weight is 401 g/mol. The van der Waals surface area contributed by atoms with Crippen LogP contribution in [-0.4, -0.2) is 43.7 Å². The Labute approximate surface area is 168 Å². The Morgan fingerprint density at radius 3 is 2.48 bits per heavy atom. The lowest BCUT2D eigenvalue weighted by Crippen LogP contribution is -2.21. The number of benzene rings is 2. The molecule has 0 spiro atoms. The van der Waals surface area contributed by atoms with E-state index in [9.17, 15) is 19.7 Å². The van der Waals surface area contributed by atoms with Gasteiger partial charge in [0, 0.05) is 37.2 Å². The molecule has 0 bridgehead atoms. The molecule has 9 heteroatoms. The van der Waals surface area contributed by atoms with Crippen LogP contribution in [0.5, 0.6) is 0 Å². The first-order valence-corrected chi connectivity index (χ1v) is 9.01. The third-order valence-corrected chi connectivity index (χ3v) is 4.04. The summed E-state index contributed by atoms with van der Waals surface area (Å²) in [6.07, 6.45) is 0.885. The highest BCUT2D eigenvalue weighted by molar-refractivity contribution is 5.99. The van der Waals surface area contributed by atoms with Gasteiger partial charge in [-0.05, 0) is 30.2 Å². The number of non-ortho nitro benzene ring substituents is 1. The minimum atomic E-state index is -0.843. The van der Waals surface area contributed by atoms with E-state index in [4.69, 9.17) is 9.47 Å². The Morgan fingerprint density at radius 1 is 1.14 bits per heavy atom. The summed E-state index contributed by atoms with van der Waals surface area (Å²) in [6, 6.07) is 11.1. The SMILES string of the molecule is CCc1ccc(NC(=O)COC(=O)c2cc([N+](=O)[O-])ccc2NCCOC)cc1. The number of nitro benzene ring substituents is 1. The largest absolute Gasteiger partial charge is 0.452 e. The van der Waals surface area contributed by atoms with Crippen LogP contribution in [0.25, 0.3) is 0 Å². The summed E-state index contributed by atoms with van der Waals surface area (Å²) < 4.78 is 9.98. The van der Waals surface area contributed by atoms with Gasteiger partial charge in [-0.15, -0.1) is 0 Å². The van der Waals surface area contributed by atoms with Gasteiger partial charge in [0.2, 0.25) is 0 Å². The topological polar surface area (TPSA) is 120 Å². The summed E-state index contributed by atoms with van der Waals surface area (Å²) in [6.45, 7) is 2.28. The van der Waals surface area contributed by atoms with Crippen molar-refractivity contribution in [2.45, 2.75) is 13.3 Å². The fourth-order valence-electron chi connectivity index (χ4n) is 2.49. The van der Waals surface area contributed by atoms with Crippen LogP contribution in [0.1, 0.15) is 22.8 Å². The summed E-state index contributed by atoms with van der Waals surface area (Å²) >= 11 is 0. The number of amides is 1. The normalized spacial score (nSPS) is 10.3. The van der Waals surface area contributed by atoms with Gasteiger partial charge in [-0.25, -0.2) is 4.79 Å². The van der Waals surface area contributed by atoms with E-state index in [1.165, 1.54) is 19.2 Å². The number of ether oxygens (including phenoxy) is 2. The number of methoxy groups -OCH3 is 1. The van der Waals surface area contributed by atoms with E-state index in [1.807, 2.05) is 19.1 Å². The molecule has 2 rings (SSSR count). The number of hydrogen-bond donors (Lipinski definition) is 2. The fraction of sp³-hybridized carbons (Fsp3) is 0.300. The van der Waals surface area contributed by atoms with Gasteiger partial charge in [-0.2, -0.15) is 0 Å². The molecular formula is C20H23N3O6. The smallest absolute Gasteiger partial charge is 0.341 e. The van der Waals surface area contributed by atoms with Crippen molar-refractivity contribution in [3.63, 3.8) is 0 Å². The van der Waals surface area contributed by atoms with Crippen LogP contribution in [-0.2, 0) is 20.7 Å². The molecular weight excluding hydrogens is 378 g/mol. The van der Waals surface area contributed by atoms with Crippen LogP contribution >= 0.6 is 0 Å². The van der Waals surface area contributed by atoms with Gasteiger partial charge in [-0.3, -0.25) is 14.9 Å². The van der Waals surface area contributed by atoms with Crippen LogP contribution < -0.4 is 10.6 Å². The summed E-state index contributed by atoms with van der Waals surface area (Å²) in [5.74, 6) is -1.35. The van der Waals surface area contributed by atoms with Crippen LogP contribution in [0.15, 0.2) is 42.5 Å². The van der Waals surface area contributed by atoms with Gasteiger partial charge < -0.3 is 20.1 Å². The molecule has 0 saturated heterocycles. The Bertz CT molecular complexity index is 867. The van der Waals surface area contributed by atoms with Gasteiger partial charge in [0.1, 0.15) is 0 Å². The van der Waals surface area contributed by atoms with Crippen molar-refractivity contribution >= 4 is 28.9 Å². The van der Waals surface area contributed by atoms with Crippen molar-refractivity contribution in [3.05, 3.63) is 63.7 Å². The summed E-state index contributed by atoms with van der Waals surface area (Å²) in [5.41, 5.74) is 1.78. The number of nitrogens with one attached hydrogen (secondary N) is 2. The lowest BCUT2D eigenvalue weighted by molar-refractivity contribution is -0.384. The zero-order valence-corrected chi connectivity index (χ0v) is 16.3. The highest BCUT2D eigenvalue weighted by Crippen LogP contribution is 2.23. The number of aryl methyl sites for hydroxylation is 1. The first-order chi connectivity index (χ1) is 13.9. The third kappa shape index (κ3) is 6.58. The molecule has 0 aliphatic heterocycles. The van der Waals surface area contributed by atoms with Gasteiger partial charge in [-0.1, -0.05) is 19.1 Å². The predicted molar refractivity (Wildman–Crippen MR) is 108 cm³/mol. The molecule has 0 heterocycles. The van der Waals surface area contributed by atoms with Crippen molar-refractivity contribution in [3.8, 4) is 0 Å². The first-order valence-electron chi connectivity index (χ1n) is 9.01. The molecule has 1 amide bonds. The van der Waals surface area contributed by atoms with Crippen LogP contribution in [0.3, 0.4) is 0 Å². The average Bonchev–Trinajstić information content (AvgIpc) is 2.72. The van der Waals surface area contributed by atoms with E-state index in [0.29, 0.717) is 24.5 Å². The molecule has 29 heavy (non-hydrogen) atoms.